The van der Waals surface area contributed by atoms with E-state index in [1.165, 1.54) is 7.11 Å². The number of anilines is 1. The molecular formula is C31H31ClN2O3. The summed E-state index contributed by atoms with van der Waals surface area (Å²) in [4.78, 5) is 28.8. The van der Waals surface area contributed by atoms with E-state index in [4.69, 9.17) is 16.3 Å². The van der Waals surface area contributed by atoms with E-state index in [9.17, 15) is 9.59 Å². The second-order valence-electron chi connectivity index (χ2n) is 10.1. The Morgan fingerprint density at radius 2 is 1.65 bits per heavy atom. The van der Waals surface area contributed by atoms with Crippen LogP contribution in [-0.4, -0.2) is 36.5 Å². The van der Waals surface area contributed by atoms with Gasteiger partial charge in [-0.2, -0.15) is 0 Å². The van der Waals surface area contributed by atoms with E-state index < -0.39 is 11.0 Å². The smallest absolute Gasteiger partial charge is 0.331 e. The van der Waals surface area contributed by atoms with Gasteiger partial charge in [-0.25, -0.2) is 4.79 Å². The number of likely N-dealkylation sites (N-methyl/N-ethyl adjacent to an activating group) is 1. The number of benzene rings is 3. The number of rotatable bonds is 6. The molecule has 0 heterocycles. The molecule has 3 aromatic carbocycles. The molecule has 0 atom stereocenters. The summed E-state index contributed by atoms with van der Waals surface area (Å²) >= 11 is 6.21. The number of hydrogen-bond donors (Lipinski definition) is 1. The molecule has 0 aliphatic heterocycles. The Kier molecular flexibility index (Phi) is 6.82. The molecule has 2 aliphatic rings. The molecule has 1 saturated carbocycles. The topological polar surface area (TPSA) is 58.6 Å². The minimum absolute atomic E-state index is 0.0217. The Balaban J connectivity index is 1.45. The molecule has 0 aromatic heterocycles. The first-order valence-corrected chi connectivity index (χ1v) is 13.0. The van der Waals surface area contributed by atoms with E-state index in [0.717, 1.165) is 28.0 Å². The number of nitrogens with zero attached hydrogens (tertiary/aromatic N) is 1. The van der Waals surface area contributed by atoms with Gasteiger partial charge < -0.3 is 15.0 Å². The number of hydrogen-bond acceptors (Lipinski definition) is 4. The molecule has 3 aromatic rings. The van der Waals surface area contributed by atoms with Gasteiger partial charge in [-0.1, -0.05) is 72.3 Å². The van der Waals surface area contributed by atoms with Crippen LogP contribution in [0.1, 0.15) is 42.4 Å². The molecule has 5 nitrogen and oxygen atoms in total. The van der Waals surface area contributed by atoms with Crippen molar-refractivity contribution in [3.05, 3.63) is 106 Å². The van der Waals surface area contributed by atoms with Crippen LogP contribution in [0.3, 0.4) is 0 Å². The van der Waals surface area contributed by atoms with Gasteiger partial charge in [0.25, 0.3) is 5.91 Å². The first-order chi connectivity index (χ1) is 17.9. The summed E-state index contributed by atoms with van der Waals surface area (Å²) in [5.41, 5.74) is 3.55. The largest absolute Gasteiger partial charge is 0.467 e. The number of nitrogens with one attached hydrogen (secondary N) is 1. The highest BCUT2D eigenvalue weighted by Crippen LogP contribution is 2.54. The highest BCUT2D eigenvalue weighted by molar-refractivity contribution is 6.30. The van der Waals surface area contributed by atoms with Crippen LogP contribution < -0.4 is 5.32 Å². The van der Waals surface area contributed by atoms with E-state index in [1.54, 1.807) is 11.0 Å². The summed E-state index contributed by atoms with van der Waals surface area (Å²) in [5.74, 6) is -0.278. The standard InChI is InChI=1S/C31H31ClN2O3/c1-34(21-22-9-4-3-5-10-22)28(35)27-19-23-11-6-7-14-26(23)30(27)15-17-31(18-16-30,29(36)37-2)33-25-13-8-12-24(32)20-25/h3-14,19-20,33H,15-18,21H2,1-2H3. The number of carbonyl (C=O) groups is 2. The number of carbonyl (C=O) groups excluding carboxylic acids is 2. The Bertz CT molecular complexity index is 1340. The maximum atomic E-state index is 13.9. The van der Waals surface area contributed by atoms with Crippen LogP contribution in [0.25, 0.3) is 6.08 Å². The second kappa shape index (κ2) is 10.1. The van der Waals surface area contributed by atoms with Crippen molar-refractivity contribution in [1.82, 2.24) is 4.90 Å². The molecule has 190 valence electrons. The molecule has 5 rings (SSSR count). The molecule has 37 heavy (non-hydrogen) atoms. The molecule has 0 unspecified atom stereocenters. The zero-order valence-corrected chi connectivity index (χ0v) is 21.9. The minimum atomic E-state index is -0.897. The van der Waals surface area contributed by atoms with Crippen LogP contribution >= 0.6 is 11.6 Å². The number of halogens is 1. The number of amides is 1. The number of ether oxygens (including phenoxy) is 1. The number of fused-ring (bicyclic) bond motifs is 2. The molecule has 0 bridgehead atoms. The van der Waals surface area contributed by atoms with Gasteiger partial charge >= 0.3 is 5.97 Å². The lowest BCUT2D eigenvalue weighted by atomic mass is 9.62. The maximum absolute atomic E-state index is 13.9. The number of methoxy groups -OCH3 is 1. The summed E-state index contributed by atoms with van der Waals surface area (Å²) in [6, 6.07) is 25.6. The van der Waals surface area contributed by atoms with Crippen molar-refractivity contribution in [3.8, 4) is 0 Å². The molecule has 0 saturated heterocycles. The average Bonchev–Trinajstić information content (AvgIpc) is 3.23. The van der Waals surface area contributed by atoms with Crippen molar-refractivity contribution in [1.29, 1.82) is 0 Å². The summed E-state index contributed by atoms with van der Waals surface area (Å²) in [6.07, 6.45) is 4.38. The zero-order valence-electron chi connectivity index (χ0n) is 21.2. The average molecular weight is 515 g/mol. The second-order valence-corrected chi connectivity index (χ2v) is 10.5. The van der Waals surface area contributed by atoms with Gasteiger partial charge in [-0.05, 0) is 66.6 Å². The van der Waals surface area contributed by atoms with Crippen molar-refractivity contribution >= 4 is 35.2 Å². The third-order valence-corrected chi connectivity index (χ3v) is 8.11. The van der Waals surface area contributed by atoms with Crippen LogP contribution in [0, 0.1) is 0 Å². The Morgan fingerprint density at radius 3 is 2.35 bits per heavy atom. The molecule has 2 aliphatic carbocycles. The van der Waals surface area contributed by atoms with E-state index in [1.807, 2.05) is 67.7 Å². The van der Waals surface area contributed by atoms with Crippen molar-refractivity contribution < 1.29 is 14.3 Å². The highest BCUT2D eigenvalue weighted by atomic mass is 35.5. The van der Waals surface area contributed by atoms with Gasteiger partial charge in [0.15, 0.2) is 0 Å². The third-order valence-electron chi connectivity index (χ3n) is 7.87. The van der Waals surface area contributed by atoms with E-state index in [-0.39, 0.29) is 11.9 Å². The van der Waals surface area contributed by atoms with Gasteiger partial charge in [0, 0.05) is 35.3 Å². The highest BCUT2D eigenvalue weighted by Gasteiger charge is 2.53. The van der Waals surface area contributed by atoms with Crippen molar-refractivity contribution in [2.24, 2.45) is 0 Å². The lowest BCUT2D eigenvalue weighted by molar-refractivity contribution is -0.147. The van der Waals surface area contributed by atoms with Gasteiger partial charge in [-0.15, -0.1) is 0 Å². The van der Waals surface area contributed by atoms with Crippen LogP contribution in [0.2, 0.25) is 5.02 Å². The van der Waals surface area contributed by atoms with Crippen LogP contribution in [0.4, 0.5) is 5.69 Å². The van der Waals surface area contributed by atoms with Gasteiger partial charge in [0.2, 0.25) is 0 Å². The summed E-state index contributed by atoms with van der Waals surface area (Å²) in [6.45, 7) is 0.534. The van der Waals surface area contributed by atoms with Gasteiger partial charge in [0.1, 0.15) is 5.54 Å². The fourth-order valence-corrected chi connectivity index (χ4v) is 6.15. The summed E-state index contributed by atoms with van der Waals surface area (Å²) in [5, 5.41) is 4.04. The van der Waals surface area contributed by atoms with Crippen LogP contribution in [-0.2, 0) is 26.3 Å². The fraction of sp³-hybridized carbons (Fsp3) is 0.290. The quantitative estimate of drug-likeness (QED) is 0.396. The van der Waals surface area contributed by atoms with Gasteiger partial charge in [0.05, 0.1) is 7.11 Å². The summed E-state index contributed by atoms with van der Waals surface area (Å²) < 4.78 is 5.27. The lowest BCUT2D eigenvalue weighted by Gasteiger charge is -2.46. The molecule has 1 N–H and O–H groups in total. The van der Waals surface area contributed by atoms with Crippen molar-refractivity contribution in [2.45, 2.75) is 43.2 Å². The molecule has 6 heteroatoms. The fourth-order valence-electron chi connectivity index (χ4n) is 5.96. The van der Waals surface area contributed by atoms with E-state index in [2.05, 4.69) is 23.5 Å². The Labute approximate surface area is 223 Å². The van der Waals surface area contributed by atoms with Crippen LogP contribution in [0.15, 0.2) is 84.4 Å². The zero-order chi connectivity index (χ0) is 26.0. The van der Waals surface area contributed by atoms with Crippen LogP contribution in [0.5, 0.6) is 0 Å². The van der Waals surface area contributed by atoms with Gasteiger partial charge in [-0.3, -0.25) is 4.79 Å². The SMILES string of the molecule is COC(=O)C1(Nc2cccc(Cl)c2)CCC2(CC1)C(C(=O)N(C)Cc1ccccc1)=Cc1ccccc12. The monoisotopic (exact) mass is 514 g/mol. The predicted molar refractivity (Wildman–Crippen MR) is 147 cm³/mol. The lowest BCUT2D eigenvalue weighted by Crippen LogP contribution is -2.53. The van der Waals surface area contributed by atoms with E-state index in [0.29, 0.717) is 37.3 Å². The third kappa shape index (κ3) is 4.64. The van der Waals surface area contributed by atoms with Crippen molar-refractivity contribution in [3.63, 3.8) is 0 Å². The number of esters is 1. The molecule has 1 amide bonds. The maximum Gasteiger partial charge on any atom is 0.331 e. The Morgan fingerprint density at radius 1 is 0.946 bits per heavy atom. The van der Waals surface area contributed by atoms with Crippen molar-refractivity contribution in [2.75, 3.05) is 19.5 Å². The first-order valence-electron chi connectivity index (χ1n) is 12.6. The summed E-state index contributed by atoms with van der Waals surface area (Å²) in [7, 11) is 3.28. The first kappa shape index (κ1) is 25.1. The minimum Gasteiger partial charge on any atom is -0.467 e. The predicted octanol–water partition coefficient (Wildman–Crippen LogP) is 6.23. The normalized spacial score (nSPS) is 22.2. The Hall–Kier alpha value is -3.57. The van der Waals surface area contributed by atoms with E-state index >= 15 is 0 Å². The molecule has 1 spiro atoms. The molecule has 1 fully saturated rings. The molecule has 0 radical (unpaired) electrons. The molecular weight excluding hydrogens is 484 g/mol.